The molecule has 1 unspecified atom stereocenters. The number of benzene rings is 1. The van der Waals surface area contributed by atoms with Gasteiger partial charge in [-0.05, 0) is 79.8 Å². The molecule has 2 N–H and O–H groups in total. The first-order chi connectivity index (χ1) is 17.1. The van der Waals surface area contributed by atoms with E-state index in [1.807, 2.05) is 24.3 Å². The van der Waals surface area contributed by atoms with Crippen LogP contribution in [-0.4, -0.2) is 46.0 Å². The summed E-state index contributed by atoms with van der Waals surface area (Å²) in [6.45, 7) is 21.5. The van der Waals surface area contributed by atoms with E-state index in [1.165, 1.54) is 25.7 Å². The second-order valence-electron chi connectivity index (χ2n) is 13.1. The Balaban J connectivity index is 2.08. The van der Waals surface area contributed by atoms with Crippen LogP contribution in [0.1, 0.15) is 103 Å². The Hall–Kier alpha value is -1.70. The van der Waals surface area contributed by atoms with Crippen LogP contribution in [0.2, 0.25) is 18.1 Å². The van der Waals surface area contributed by atoms with Crippen molar-refractivity contribution >= 4 is 20.2 Å². The van der Waals surface area contributed by atoms with Gasteiger partial charge in [0.05, 0.1) is 25.7 Å². The number of carbonyl (C=O) groups excluding carboxylic acids is 2. The van der Waals surface area contributed by atoms with Crippen molar-refractivity contribution in [1.82, 2.24) is 10.6 Å². The zero-order chi connectivity index (χ0) is 27.9. The van der Waals surface area contributed by atoms with Crippen LogP contribution < -0.4 is 10.6 Å². The predicted octanol–water partition coefficient (Wildman–Crippen LogP) is 6.63. The Labute approximate surface area is 226 Å². The molecule has 1 aromatic carbocycles. The van der Waals surface area contributed by atoms with Crippen molar-refractivity contribution in [2.24, 2.45) is 11.3 Å². The van der Waals surface area contributed by atoms with E-state index in [4.69, 9.17) is 9.16 Å². The minimum atomic E-state index is -1.90. The highest BCUT2D eigenvalue weighted by Crippen LogP contribution is 2.39. The maximum atomic E-state index is 12.6. The summed E-state index contributed by atoms with van der Waals surface area (Å²) in [5, 5.41) is 6.87. The molecule has 1 amide bonds. The van der Waals surface area contributed by atoms with Crippen LogP contribution in [0.5, 0.6) is 0 Å². The first-order valence-electron chi connectivity index (χ1n) is 14.1. The van der Waals surface area contributed by atoms with Crippen molar-refractivity contribution in [3.05, 3.63) is 35.4 Å². The van der Waals surface area contributed by atoms with E-state index in [0.29, 0.717) is 30.2 Å². The van der Waals surface area contributed by atoms with Crippen molar-refractivity contribution < 1.29 is 18.8 Å². The van der Waals surface area contributed by atoms with E-state index in [2.05, 4.69) is 65.3 Å². The highest BCUT2D eigenvalue weighted by Gasteiger charge is 2.38. The molecular formula is C30H52N2O4Si. The number of carbonyl (C=O) groups is 2. The Bertz CT molecular complexity index is 863. The average Bonchev–Trinajstić information content (AvgIpc) is 2.81. The number of rotatable bonds is 11. The molecule has 6 nitrogen and oxygen atoms in total. The fraction of sp³-hybridized carbons (Fsp3) is 0.733. The number of esters is 1. The Kier molecular flexibility index (Phi) is 11.4. The van der Waals surface area contributed by atoms with Gasteiger partial charge in [-0.25, -0.2) is 0 Å². The highest BCUT2D eigenvalue weighted by molar-refractivity contribution is 6.74. The zero-order valence-electron chi connectivity index (χ0n) is 24.8. The lowest BCUT2D eigenvalue weighted by Crippen LogP contribution is -2.45. The van der Waals surface area contributed by atoms with Crippen molar-refractivity contribution in [2.75, 3.05) is 19.8 Å². The second-order valence-corrected chi connectivity index (χ2v) is 17.9. The molecule has 1 fully saturated rings. The van der Waals surface area contributed by atoms with E-state index in [0.717, 1.165) is 11.5 Å². The van der Waals surface area contributed by atoms with Crippen LogP contribution >= 0.6 is 0 Å². The molecule has 1 atom stereocenters. The molecule has 1 aliphatic carbocycles. The Morgan fingerprint density at radius 2 is 1.59 bits per heavy atom. The number of hydrogen-bond donors (Lipinski definition) is 2. The molecule has 7 heteroatoms. The van der Waals surface area contributed by atoms with E-state index in [9.17, 15) is 9.59 Å². The molecular weight excluding hydrogens is 480 g/mol. The van der Waals surface area contributed by atoms with Gasteiger partial charge >= 0.3 is 5.97 Å². The predicted molar refractivity (Wildman–Crippen MR) is 154 cm³/mol. The van der Waals surface area contributed by atoms with Crippen molar-refractivity contribution in [3.8, 4) is 0 Å². The lowest BCUT2D eigenvalue weighted by atomic mass is 9.71. The minimum absolute atomic E-state index is 0.0752. The lowest BCUT2D eigenvalue weighted by molar-refractivity contribution is -0.142. The van der Waals surface area contributed by atoms with Gasteiger partial charge in [-0.3, -0.25) is 9.59 Å². The third-order valence-corrected chi connectivity index (χ3v) is 12.8. The molecule has 0 spiro atoms. The molecule has 1 saturated carbocycles. The van der Waals surface area contributed by atoms with Gasteiger partial charge in [0.25, 0.3) is 5.91 Å². The summed E-state index contributed by atoms with van der Waals surface area (Å²) in [6.07, 6.45) is 5.04. The van der Waals surface area contributed by atoms with Gasteiger partial charge in [-0.1, -0.05) is 53.7 Å². The minimum Gasteiger partial charge on any atom is -0.466 e. The molecule has 0 radical (unpaired) electrons. The quantitative estimate of drug-likeness (QED) is 0.247. The van der Waals surface area contributed by atoms with E-state index in [1.54, 1.807) is 6.92 Å². The van der Waals surface area contributed by atoms with Gasteiger partial charge in [-0.15, -0.1) is 0 Å². The van der Waals surface area contributed by atoms with E-state index in [-0.39, 0.29) is 35.9 Å². The SMILES string of the molecule is CCOC(=O)CCNC(=O)c1ccc(C(CO[Si](C)(C)C(C)(C)C)NC2CCC(C(C)(C)C)CC2)cc1. The fourth-order valence-corrected chi connectivity index (χ4v) is 5.66. The summed E-state index contributed by atoms with van der Waals surface area (Å²) in [7, 11) is -1.90. The van der Waals surface area contributed by atoms with Crippen LogP contribution in [0.4, 0.5) is 0 Å². The van der Waals surface area contributed by atoms with Crippen LogP contribution in [-0.2, 0) is 14.0 Å². The van der Waals surface area contributed by atoms with Crippen molar-refractivity contribution in [1.29, 1.82) is 0 Å². The smallest absolute Gasteiger partial charge is 0.307 e. The first-order valence-corrected chi connectivity index (χ1v) is 17.0. The second kappa shape index (κ2) is 13.4. The molecule has 0 heterocycles. The van der Waals surface area contributed by atoms with Gasteiger partial charge in [0.1, 0.15) is 0 Å². The standard InChI is InChI=1S/C30H52N2O4Si/c1-10-35-27(33)19-20-31-28(34)23-13-11-22(12-14-23)26(21-36-37(8,9)30(5,6)7)32-25-17-15-24(16-18-25)29(2,3)4/h11-14,24-26,32H,10,15-21H2,1-9H3,(H,31,34). The zero-order valence-corrected chi connectivity index (χ0v) is 25.8. The Morgan fingerprint density at radius 3 is 2.11 bits per heavy atom. The molecule has 0 aromatic heterocycles. The summed E-state index contributed by atoms with van der Waals surface area (Å²) in [6, 6.07) is 8.35. The fourth-order valence-electron chi connectivity index (χ4n) is 4.64. The van der Waals surface area contributed by atoms with Crippen LogP contribution in [0.25, 0.3) is 0 Å². The van der Waals surface area contributed by atoms with Gasteiger partial charge in [0.15, 0.2) is 8.32 Å². The number of hydrogen-bond acceptors (Lipinski definition) is 5. The average molecular weight is 533 g/mol. The molecule has 1 aromatic rings. The topological polar surface area (TPSA) is 76.7 Å². The first kappa shape index (κ1) is 31.5. The molecule has 210 valence electrons. The third-order valence-electron chi connectivity index (χ3n) is 8.30. The van der Waals surface area contributed by atoms with Gasteiger partial charge in [0.2, 0.25) is 0 Å². The number of nitrogens with one attached hydrogen (secondary N) is 2. The van der Waals surface area contributed by atoms with Gasteiger partial charge in [-0.2, -0.15) is 0 Å². The monoisotopic (exact) mass is 532 g/mol. The van der Waals surface area contributed by atoms with Crippen LogP contribution in [0.3, 0.4) is 0 Å². The summed E-state index contributed by atoms with van der Waals surface area (Å²) < 4.78 is 11.6. The normalized spacial score (nSPS) is 19.8. The lowest BCUT2D eigenvalue weighted by Gasteiger charge is -2.40. The van der Waals surface area contributed by atoms with Crippen molar-refractivity contribution in [3.63, 3.8) is 0 Å². The number of amides is 1. The van der Waals surface area contributed by atoms with Crippen LogP contribution in [0.15, 0.2) is 24.3 Å². The Morgan fingerprint density at radius 1 is 1.00 bits per heavy atom. The third kappa shape index (κ3) is 9.84. The highest BCUT2D eigenvalue weighted by atomic mass is 28.4. The van der Waals surface area contributed by atoms with E-state index < -0.39 is 8.32 Å². The maximum Gasteiger partial charge on any atom is 0.307 e. The summed E-state index contributed by atoms with van der Waals surface area (Å²) >= 11 is 0. The molecule has 37 heavy (non-hydrogen) atoms. The summed E-state index contributed by atoms with van der Waals surface area (Å²) in [5.74, 6) is 0.290. The molecule has 0 saturated heterocycles. The van der Waals surface area contributed by atoms with Crippen molar-refractivity contribution in [2.45, 2.75) is 111 Å². The molecule has 0 bridgehead atoms. The summed E-state index contributed by atoms with van der Waals surface area (Å²) in [4.78, 5) is 24.1. The summed E-state index contributed by atoms with van der Waals surface area (Å²) in [5.41, 5.74) is 2.09. The van der Waals surface area contributed by atoms with Crippen LogP contribution in [0, 0.1) is 11.3 Å². The van der Waals surface area contributed by atoms with E-state index >= 15 is 0 Å². The number of ether oxygens (including phenoxy) is 1. The molecule has 2 rings (SSSR count). The largest absolute Gasteiger partial charge is 0.466 e. The maximum absolute atomic E-state index is 12.6. The van der Waals surface area contributed by atoms with Gasteiger partial charge in [0, 0.05) is 18.2 Å². The molecule has 1 aliphatic rings. The van der Waals surface area contributed by atoms with Gasteiger partial charge < -0.3 is 19.8 Å². The molecule has 0 aliphatic heterocycles.